The molecule has 1 heteroatoms. The molecule has 0 aliphatic carbocycles. The van der Waals surface area contributed by atoms with Gasteiger partial charge in [0.05, 0.1) is 0 Å². The Hall–Kier alpha value is -0.300. The third-order valence-corrected chi connectivity index (χ3v) is 1.96. The number of rotatable bonds is 3. The molecule has 1 fully saturated rings. The number of likely N-dealkylation sites (tertiary alicyclic amines) is 1. The largest absolute Gasteiger partial charge is 0.300 e. The van der Waals surface area contributed by atoms with E-state index in [1.54, 1.807) is 0 Å². The van der Waals surface area contributed by atoms with Crippen LogP contribution >= 0.6 is 0 Å². The van der Waals surface area contributed by atoms with E-state index < -0.39 is 0 Å². The highest BCUT2D eigenvalue weighted by atomic mass is 15.1. The summed E-state index contributed by atoms with van der Waals surface area (Å²) < 4.78 is 0. The first kappa shape index (κ1) is 7.80. The first-order valence-corrected chi connectivity index (χ1v) is 4.31. The smallest absolute Gasteiger partial charge is 0.0163 e. The summed E-state index contributed by atoms with van der Waals surface area (Å²) >= 11 is 0. The molecular weight excluding hydrogens is 122 g/mol. The Bertz CT molecular complexity index is 101. The molecule has 0 amide bonds. The lowest BCUT2D eigenvalue weighted by molar-refractivity contribution is 0.377. The minimum absolute atomic E-state index is 1.17. The maximum Gasteiger partial charge on any atom is 0.0163 e. The Balaban J connectivity index is 2.06. The normalized spacial score (nSPS) is 20.9. The molecule has 0 spiro atoms. The number of allylic oxidation sites excluding steroid dienone is 1. The minimum atomic E-state index is 1.17. The first-order chi connectivity index (χ1) is 4.93. The van der Waals surface area contributed by atoms with Crippen molar-refractivity contribution in [3.8, 4) is 0 Å². The van der Waals surface area contributed by atoms with Crippen molar-refractivity contribution in [1.82, 2.24) is 4.90 Å². The predicted octanol–water partition coefficient (Wildman–Crippen LogP) is 2.05. The molecule has 0 saturated carbocycles. The van der Waals surface area contributed by atoms with Crippen LogP contribution in [-0.4, -0.2) is 24.5 Å². The van der Waals surface area contributed by atoms with Crippen molar-refractivity contribution < 1.29 is 0 Å². The van der Waals surface area contributed by atoms with Gasteiger partial charge in [-0.3, -0.25) is 4.90 Å². The van der Waals surface area contributed by atoms with Gasteiger partial charge in [0.25, 0.3) is 0 Å². The standard InChI is InChI=1S/C9H17N/c1-2-3-4-7-10-8-5-6-9-10/h3-4H,2,5-9H2,1H3/b4-3-. The maximum absolute atomic E-state index is 2.51. The van der Waals surface area contributed by atoms with Crippen molar-refractivity contribution >= 4 is 0 Å². The Morgan fingerprint density at radius 1 is 1.20 bits per heavy atom. The van der Waals surface area contributed by atoms with Gasteiger partial charge in [-0.25, -0.2) is 0 Å². The molecule has 0 bridgehead atoms. The number of hydrogen-bond donors (Lipinski definition) is 0. The van der Waals surface area contributed by atoms with Crippen LogP contribution in [0.3, 0.4) is 0 Å². The van der Waals surface area contributed by atoms with Crippen LogP contribution in [0.1, 0.15) is 26.2 Å². The van der Waals surface area contributed by atoms with E-state index in [9.17, 15) is 0 Å². The van der Waals surface area contributed by atoms with E-state index in [0.717, 1.165) is 0 Å². The van der Waals surface area contributed by atoms with Crippen molar-refractivity contribution in [2.45, 2.75) is 26.2 Å². The molecule has 10 heavy (non-hydrogen) atoms. The fourth-order valence-electron chi connectivity index (χ4n) is 1.36. The van der Waals surface area contributed by atoms with Gasteiger partial charge in [-0.15, -0.1) is 0 Å². The van der Waals surface area contributed by atoms with Crippen LogP contribution in [0.25, 0.3) is 0 Å². The molecule has 0 radical (unpaired) electrons. The van der Waals surface area contributed by atoms with E-state index in [-0.39, 0.29) is 0 Å². The molecule has 0 unspecified atom stereocenters. The van der Waals surface area contributed by atoms with Gasteiger partial charge in [0, 0.05) is 6.54 Å². The molecule has 1 aliphatic rings. The second-order valence-electron chi connectivity index (χ2n) is 2.89. The van der Waals surface area contributed by atoms with Crippen LogP contribution in [0.2, 0.25) is 0 Å². The zero-order valence-electron chi connectivity index (χ0n) is 6.84. The number of nitrogens with zero attached hydrogens (tertiary/aromatic N) is 1. The minimum Gasteiger partial charge on any atom is -0.300 e. The van der Waals surface area contributed by atoms with Crippen molar-refractivity contribution in [3.63, 3.8) is 0 Å². The third kappa shape index (κ3) is 2.53. The van der Waals surface area contributed by atoms with Gasteiger partial charge >= 0.3 is 0 Å². The van der Waals surface area contributed by atoms with E-state index in [1.807, 2.05) is 0 Å². The fourth-order valence-corrected chi connectivity index (χ4v) is 1.36. The number of hydrogen-bond acceptors (Lipinski definition) is 1. The Labute approximate surface area is 63.7 Å². The predicted molar refractivity (Wildman–Crippen MR) is 45.1 cm³/mol. The van der Waals surface area contributed by atoms with Crippen molar-refractivity contribution in [2.24, 2.45) is 0 Å². The molecule has 0 aromatic heterocycles. The van der Waals surface area contributed by atoms with Crippen LogP contribution in [0.15, 0.2) is 12.2 Å². The monoisotopic (exact) mass is 139 g/mol. The fraction of sp³-hybridized carbons (Fsp3) is 0.778. The maximum atomic E-state index is 2.51. The summed E-state index contributed by atoms with van der Waals surface area (Å²) in [6.07, 6.45) is 8.51. The molecule has 0 atom stereocenters. The van der Waals surface area contributed by atoms with Crippen LogP contribution in [0, 0.1) is 0 Å². The summed E-state index contributed by atoms with van der Waals surface area (Å²) in [6, 6.07) is 0. The van der Waals surface area contributed by atoms with Gasteiger partial charge in [0.1, 0.15) is 0 Å². The first-order valence-electron chi connectivity index (χ1n) is 4.31. The summed E-state index contributed by atoms with van der Waals surface area (Å²) in [4.78, 5) is 2.51. The van der Waals surface area contributed by atoms with E-state index in [1.165, 1.54) is 38.9 Å². The van der Waals surface area contributed by atoms with Crippen LogP contribution < -0.4 is 0 Å². The zero-order valence-corrected chi connectivity index (χ0v) is 6.84. The second kappa shape index (κ2) is 4.51. The van der Waals surface area contributed by atoms with Crippen molar-refractivity contribution in [3.05, 3.63) is 12.2 Å². The van der Waals surface area contributed by atoms with E-state index >= 15 is 0 Å². The SMILES string of the molecule is CC/C=C\CN1CCCC1. The molecule has 58 valence electrons. The van der Waals surface area contributed by atoms with E-state index in [4.69, 9.17) is 0 Å². The summed E-state index contributed by atoms with van der Waals surface area (Å²) in [6.45, 7) is 5.98. The van der Waals surface area contributed by atoms with Crippen molar-refractivity contribution in [1.29, 1.82) is 0 Å². The summed E-state index contributed by atoms with van der Waals surface area (Å²) in [5, 5.41) is 0. The molecule has 1 nitrogen and oxygen atoms in total. The molecule has 1 rings (SSSR count). The van der Waals surface area contributed by atoms with E-state index in [2.05, 4.69) is 24.0 Å². The van der Waals surface area contributed by atoms with Gasteiger partial charge in [0.15, 0.2) is 0 Å². The lowest BCUT2D eigenvalue weighted by atomic mass is 10.4. The Kier molecular flexibility index (Phi) is 3.52. The molecule has 1 saturated heterocycles. The van der Waals surface area contributed by atoms with Gasteiger partial charge in [-0.2, -0.15) is 0 Å². The molecule has 1 heterocycles. The summed E-state index contributed by atoms with van der Waals surface area (Å²) in [7, 11) is 0. The second-order valence-corrected chi connectivity index (χ2v) is 2.89. The lowest BCUT2D eigenvalue weighted by Gasteiger charge is -2.09. The van der Waals surface area contributed by atoms with Gasteiger partial charge in [0.2, 0.25) is 0 Å². The highest BCUT2D eigenvalue weighted by molar-refractivity contribution is 4.84. The van der Waals surface area contributed by atoms with Crippen molar-refractivity contribution in [2.75, 3.05) is 19.6 Å². The molecule has 1 aliphatic heterocycles. The van der Waals surface area contributed by atoms with Crippen LogP contribution in [0.4, 0.5) is 0 Å². The topological polar surface area (TPSA) is 3.24 Å². The quantitative estimate of drug-likeness (QED) is 0.541. The van der Waals surface area contributed by atoms with Gasteiger partial charge < -0.3 is 0 Å². The average molecular weight is 139 g/mol. The molecule has 0 aromatic rings. The Morgan fingerprint density at radius 2 is 1.90 bits per heavy atom. The van der Waals surface area contributed by atoms with Crippen LogP contribution in [-0.2, 0) is 0 Å². The molecular formula is C9H17N. The Morgan fingerprint density at radius 3 is 2.50 bits per heavy atom. The van der Waals surface area contributed by atoms with E-state index in [0.29, 0.717) is 0 Å². The van der Waals surface area contributed by atoms with Gasteiger partial charge in [-0.1, -0.05) is 19.1 Å². The highest BCUT2D eigenvalue weighted by Crippen LogP contribution is 2.06. The third-order valence-electron chi connectivity index (χ3n) is 1.96. The zero-order chi connectivity index (χ0) is 7.23. The highest BCUT2D eigenvalue weighted by Gasteiger charge is 2.08. The average Bonchev–Trinajstić information content (AvgIpc) is 2.41. The molecule has 0 aromatic carbocycles. The van der Waals surface area contributed by atoms with Crippen LogP contribution in [0.5, 0.6) is 0 Å². The van der Waals surface area contributed by atoms with Gasteiger partial charge in [-0.05, 0) is 32.4 Å². The lowest BCUT2D eigenvalue weighted by Crippen LogP contribution is -2.18. The summed E-state index contributed by atoms with van der Waals surface area (Å²) in [5.74, 6) is 0. The molecule has 0 N–H and O–H groups in total. The summed E-state index contributed by atoms with van der Waals surface area (Å²) in [5.41, 5.74) is 0.